The molecule has 1 N–H and O–H groups in total. The molecule has 1 heterocycles. The number of nitrogens with zero attached hydrogens (tertiary/aromatic N) is 1. The summed E-state index contributed by atoms with van der Waals surface area (Å²) in [6, 6.07) is 0.371. The molecule has 1 aliphatic heterocycles. The molecule has 0 saturated carbocycles. The average Bonchev–Trinajstić information content (AvgIpc) is 2.04. The van der Waals surface area contributed by atoms with Crippen molar-refractivity contribution in [2.75, 3.05) is 19.6 Å². The fraction of sp³-hybridized carbons (Fsp3) is 0.875. The number of carbonyl (C=O) groups excluding carboxylic acids is 1. The first-order valence-electron chi connectivity index (χ1n) is 4.26. The standard InChI is InChI=1S/C8H16N2O.ClH/c1-3-8(11)10-5-4-9-6-7(10)2;/h7,9H,3-6H2,1-2H3;1H. The second-order valence-electron chi connectivity index (χ2n) is 2.99. The highest BCUT2D eigenvalue weighted by Crippen LogP contribution is 2.03. The Labute approximate surface area is 79.9 Å². The number of rotatable bonds is 1. The largest absolute Gasteiger partial charge is 0.337 e. The molecule has 12 heavy (non-hydrogen) atoms. The van der Waals surface area contributed by atoms with Gasteiger partial charge in [0.2, 0.25) is 5.91 Å². The summed E-state index contributed by atoms with van der Waals surface area (Å²) >= 11 is 0. The molecule has 3 nitrogen and oxygen atoms in total. The van der Waals surface area contributed by atoms with Gasteiger partial charge in [-0.15, -0.1) is 12.4 Å². The predicted octanol–water partition coefficient (Wildman–Crippen LogP) is 0.639. The van der Waals surface area contributed by atoms with Gasteiger partial charge in [0.25, 0.3) is 0 Å². The van der Waals surface area contributed by atoms with E-state index in [4.69, 9.17) is 0 Å². The molecule has 1 atom stereocenters. The van der Waals surface area contributed by atoms with Crippen molar-refractivity contribution in [3.8, 4) is 0 Å². The Balaban J connectivity index is 0.00000121. The normalized spacial score (nSPS) is 23.2. The van der Waals surface area contributed by atoms with Gasteiger partial charge >= 0.3 is 0 Å². The van der Waals surface area contributed by atoms with E-state index in [1.54, 1.807) is 0 Å². The zero-order valence-electron chi connectivity index (χ0n) is 7.67. The van der Waals surface area contributed by atoms with Crippen molar-refractivity contribution in [3.05, 3.63) is 0 Å². The molecule has 0 aromatic carbocycles. The van der Waals surface area contributed by atoms with Gasteiger partial charge in [-0.1, -0.05) is 6.92 Å². The highest BCUT2D eigenvalue weighted by atomic mass is 35.5. The SMILES string of the molecule is CCC(=O)N1CCNCC1C.Cl. The summed E-state index contributed by atoms with van der Waals surface area (Å²) < 4.78 is 0. The summed E-state index contributed by atoms with van der Waals surface area (Å²) in [5.74, 6) is 0.277. The van der Waals surface area contributed by atoms with Gasteiger partial charge in [-0.05, 0) is 6.92 Å². The molecule has 0 aliphatic carbocycles. The molecule has 0 radical (unpaired) electrons. The van der Waals surface area contributed by atoms with Crippen LogP contribution in [0, 0.1) is 0 Å². The molecule has 1 amide bonds. The third-order valence-electron chi connectivity index (χ3n) is 2.12. The average molecular weight is 193 g/mol. The Morgan fingerprint density at radius 2 is 2.33 bits per heavy atom. The van der Waals surface area contributed by atoms with Crippen LogP contribution in [-0.4, -0.2) is 36.5 Å². The number of piperazine rings is 1. The van der Waals surface area contributed by atoms with Gasteiger partial charge in [0.1, 0.15) is 0 Å². The van der Waals surface area contributed by atoms with Gasteiger partial charge in [0.15, 0.2) is 0 Å². The van der Waals surface area contributed by atoms with E-state index in [-0.39, 0.29) is 18.3 Å². The molecule has 0 bridgehead atoms. The van der Waals surface area contributed by atoms with Crippen molar-refractivity contribution in [2.45, 2.75) is 26.3 Å². The quantitative estimate of drug-likeness (QED) is 0.662. The minimum Gasteiger partial charge on any atom is -0.337 e. The first-order chi connectivity index (χ1) is 5.25. The van der Waals surface area contributed by atoms with E-state index in [9.17, 15) is 4.79 Å². The van der Waals surface area contributed by atoms with Gasteiger partial charge in [-0.25, -0.2) is 0 Å². The van der Waals surface area contributed by atoms with Gasteiger partial charge in [-0.2, -0.15) is 0 Å². The molecule has 1 unspecified atom stereocenters. The van der Waals surface area contributed by atoms with Crippen molar-refractivity contribution in [2.24, 2.45) is 0 Å². The van der Waals surface area contributed by atoms with Gasteiger partial charge in [0, 0.05) is 32.1 Å². The first-order valence-corrected chi connectivity index (χ1v) is 4.26. The Kier molecular flexibility index (Phi) is 5.25. The molecule has 72 valence electrons. The van der Waals surface area contributed by atoms with Crippen LogP contribution in [0.25, 0.3) is 0 Å². The van der Waals surface area contributed by atoms with Crippen LogP contribution in [0.4, 0.5) is 0 Å². The third-order valence-corrected chi connectivity index (χ3v) is 2.12. The van der Waals surface area contributed by atoms with E-state index in [0.29, 0.717) is 12.5 Å². The summed E-state index contributed by atoms with van der Waals surface area (Å²) in [4.78, 5) is 13.2. The molecule has 1 rings (SSSR count). The fourth-order valence-corrected chi connectivity index (χ4v) is 1.41. The molecule has 1 saturated heterocycles. The van der Waals surface area contributed by atoms with Gasteiger partial charge < -0.3 is 10.2 Å². The first kappa shape index (κ1) is 11.7. The van der Waals surface area contributed by atoms with Crippen molar-refractivity contribution in [1.29, 1.82) is 0 Å². The summed E-state index contributed by atoms with van der Waals surface area (Å²) in [5, 5.41) is 3.25. The van der Waals surface area contributed by atoms with Gasteiger partial charge in [0.05, 0.1) is 0 Å². The van der Waals surface area contributed by atoms with E-state index < -0.39 is 0 Å². The number of hydrogen-bond donors (Lipinski definition) is 1. The van der Waals surface area contributed by atoms with Crippen LogP contribution in [0.5, 0.6) is 0 Å². The second kappa shape index (κ2) is 5.38. The molecule has 1 fully saturated rings. The smallest absolute Gasteiger partial charge is 0.222 e. The van der Waals surface area contributed by atoms with E-state index >= 15 is 0 Å². The maximum absolute atomic E-state index is 11.3. The Morgan fingerprint density at radius 1 is 1.67 bits per heavy atom. The lowest BCUT2D eigenvalue weighted by Crippen LogP contribution is -2.52. The molecule has 4 heteroatoms. The topological polar surface area (TPSA) is 32.3 Å². The number of carbonyl (C=O) groups is 1. The predicted molar refractivity (Wildman–Crippen MR) is 51.6 cm³/mol. The Bertz CT molecular complexity index is 152. The van der Waals surface area contributed by atoms with E-state index in [1.807, 2.05) is 11.8 Å². The van der Waals surface area contributed by atoms with Crippen LogP contribution in [-0.2, 0) is 4.79 Å². The molecular formula is C8H17ClN2O. The lowest BCUT2D eigenvalue weighted by atomic mass is 10.2. The monoisotopic (exact) mass is 192 g/mol. The zero-order valence-corrected chi connectivity index (χ0v) is 8.49. The highest BCUT2D eigenvalue weighted by molar-refractivity contribution is 5.85. The number of hydrogen-bond acceptors (Lipinski definition) is 2. The van der Waals surface area contributed by atoms with E-state index in [0.717, 1.165) is 19.6 Å². The van der Waals surface area contributed by atoms with Crippen molar-refractivity contribution in [3.63, 3.8) is 0 Å². The van der Waals surface area contributed by atoms with E-state index in [2.05, 4.69) is 12.2 Å². The van der Waals surface area contributed by atoms with Crippen LogP contribution >= 0.6 is 12.4 Å². The third kappa shape index (κ3) is 2.64. The number of halogens is 1. The molecule has 1 aliphatic rings. The summed E-state index contributed by atoms with van der Waals surface area (Å²) in [7, 11) is 0. The van der Waals surface area contributed by atoms with Crippen LogP contribution in [0.3, 0.4) is 0 Å². The van der Waals surface area contributed by atoms with Gasteiger partial charge in [-0.3, -0.25) is 4.79 Å². The van der Waals surface area contributed by atoms with Crippen LogP contribution in [0.15, 0.2) is 0 Å². The fourth-order valence-electron chi connectivity index (χ4n) is 1.41. The zero-order chi connectivity index (χ0) is 8.27. The summed E-state index contributed by atoms with van der Waals surface area (Å²) in [6.45, 7) is 6.74. The maximum Gasteiger partial charge on any atom is 0.222 e. The minimum atomic E-state index is 0. The Hall–Kier alpha value is -0.280. The van der Waals surface area contributed by atoms with Crippen LogP contribution < -0.4 is 5.32 Å². The van der Waals surface area contributed by atoms with E-state index in [1.165, 1.54) is 0 Å². The second-order valence-corrected chi connectivity index (χ2v) is 2.99. The molecular weight excluding hydrogens is 176 g/mol. The maximum atomic E-state index is 11.3. The van der Waals surface area contributed by atoms with Crippen LogP contribution in [0.2, 0.25) is 0 Å². The lowest BCUT2D eigenvalue weighted by molar-refractivity contribution is -0.133. The molecule has 0 spiro atoms. The lowest BCUT2D eigenvalue weighted by Gasteiger charge is -2.33. The number of nitrogens with one attached hydrogen (secondary N) is 1. The summed E-state index contributed by atoms with van der Waals surface area (Å²) in [6.07, 6.45) is 0.629. The number of amides is 1. The minimum absolute atomic E-state index is 0. The Morgan fingerprint density at radius 3 is 2.83 bits per heavy atom. The molecule has 0 aromatic heterocycles. The highest BCUT2D eigenvalue weighted by Gasteiger charge is 2.20. The molecule has 0 aromatic rings. The summed E-state index contributed by atoms with van der Waals surface area (Å²) in [5.41, 5.74) is 0. The van der Waals surface area contributed by atoms with Crippen molar-refractivity contribution < 1.29 is 4.79 Å². The van der Waals surface area contributed by atoms with Crippen molar-refractivity contribution in [1.82, 2.24) is 10.2 Å². The van der Waals surface area contributed by atoms with Crippen molar-refractivity contribution >= 4 is 18.3 Å². The van der Waals surface area contributed by atoms with Crippen LogP contribution in [0.1, 0.15) is 20.3 Å².